The molecule has 129 heavy (non-hydrogen) atoms. The monoisotopic (exact) mass is 1640 g/mol. The van der Waals surface area contributed by atoms with Crippen LogP contribution >= 0.6 is 0 Å². The van der Waals surface area contributed by atoms with E-state index in [1.165, 1.54) is 140 Å². The van der Waals surface area contributed by atoms with Gasteiger partial charge in [-0.25, -0.2) is 24.9 Å². The Morgan fingerprint density at radius 3 is 0.798 bits per heavy atom. The average molecular weight is 1640 g/mol. The van der Waals surface area contributed by atoms with Crippen molar-refractivity contribution in [3.8, 4) is 63.0 Å². The van der Waals surface area contributed by atoms with E-state index >= 15 is 0 Å². The standard InChI is InChI=1S/C42H25N3.C39H24N4.C38H23N3/c1-2-12-27-25-28(24-23-26(27)11-1)41-42(44-36-20-8-7-19-35(36)43-41)45-37-21-9-17-33-31-15-5-3-13-29(31)30-14-4-6-16-32(30)34-18-10-22-38(45)40(34)39(33)37;1-3-13-25(14-4-1)37-40-38(26-15-5-2-6-16-26)42-39(41-37)43-33-23-11-21-31-29-19-9-7-17-27(29)28-18-8-10-20-30(28)32-22-12-24-34(43)36(32)35(31)33;1-2-12-24(13-3-1)37-31-18-8-9-21-32(31)39-38(40-37)41-33-22-10-19-29-27-16-6-4-14-25(27)26-15-5-7-17-28(26)30-20-11-23-34(41)36(30)35(29)33/h1-25H;1-24H;1-23H. The van der Waals surface area contributed by atoms with Crippen molar-refractivity contribution in [2.75, 3.05) is 0 Å². The van der Waals surface area contributed by atoms with Crippen molar-refractivity contribution in [2.45, 2.75) is 0 Å². The van der Waals surface area contributed by atoms with Gasteiger partial charge in [0.1, 0.15) is 5.69 Å². The third-order valence-electron chi connectivity index (χ3n) is 26.1. The Labute approximate surface area is 738 Å². The van der Waals surface area contributed by atoms with Gasteiger partial charge >= 0.3 is 0 Å². The van der Waals surface area contributed by atoms with Gasteiger partial charge in [-0.2, -0.15) is 9.97 Å². The van der Waals surface area contributed by atoms with Gasteiger partial charge in [-0.1, -0.05) is 376 Å². The van der Waals surface area contributed by atoms with Crippen LogP contribution in [0.5, 0.6) is 0 Å². The van der Waals surface area contributed by atoms with Gasteiger partial charge in [0.05, 0.1) is 55.3 Å². The second-order valence-corrected chi connectivity index (χ2v) is 33.2. The summed E-state index contributed by atoms with van der Waals surface area (Å²) in [6.07, 6.45) is 0. The molecule has 598 valence electrons. The predicted octanol–water partition coefficient (Wildman–Crippen LogP) is 30.6. The molecule has 0 saturated carbocycles. The molecule has 10 nitrogen and oxygen atoms in total. The molecule has 0 amide bonds. The third-order valence-corrected chi connectivity index (χ3v) is 26.1. The lowest BCUT2D eigenvalue weighted by Gasteiger charge is -2.14. The molecule has 0 aliphatic carbocycles. The molecule has 0 aliphatic heterocycles. The van der Waals surface area contributed by atoms with Crippen molar-refractivity contribution in [3.05, 3.63) is 437 Å². The third kappa shape index (κ3) is 11.6. The number of benzene rings is 19. The molecule has 0 spiro atoms. The highest BCUT2D eigenvalue weighted by molar-refractivity contribution is 6.37. The summed E-state index contributed by atoms with van der Waals surface area (Å²) in [5, 5.41) is 33.0. The maximum Gasteiger partial charge on any atom is 0.238 e. The van der Waals surface area contributed by atoms with E-state index in [-0.39, 0.29) is 0 Å². The summed E-state index contributed by atoms with van der Waals surface area (Å²) in [7, 11) is 0. The van der Waals surface area contributed by atoms with E-state index in [4.69, 9.17) is 34.9 Å². The van der Waals surface area contributed by atoms with Gasteiger partial charge in [0, 0.05) is 60.0 Å². The van der Waals surface area contributed by atoms with Crippen molar-refractivity contribution < 1.29 is 0 Å². The second-order valence-electron chi connectivity index (χ2n) is 33.2. The second kappa shape index (κ2) is 29.6. The van der Waals surface area contributed by atoms with Gasteiger partial charge in [-0.3, -0.25) is 13.7 Å². The van der Waals surface area contributed by atoms with Crippen molar-refractivity contribution in [2.24, 2.45) is 0 Å². The molecule has 0 N–H and O–H groups in total. The lowest BCUT2D eigenvalue weighted by molar-refractivity contribution is 0.954. The normalized spacial score (nSPS) is 11.9. The zero-order valence-corrected chi connectivity index (χ0v) is 69.5. The van der Waals surface area contributed by atoms with Crippen LogP contribution in [0.25, 0.3) is 258 Å². The zero-order chi connectivity index (χ0) is 84.7. The maximum absolute atomic E-state index is 5.39. The van der Waals surface area contributed by atoms with Crippen LogP contribution in [-0.2, 0) is 0 Å². The first kappa shape index (κ1) is 73.1. The number of fused-ring (bicyclic) bond motifs is 18. The van der Waals surface area contributed by atoms with Crippen molar-refractivity contribution in [1.29, 1.82) is 0 Å². The van der Waals surface area contributed by atoms with Gasteiger partial charge in [0.25, 0.3) is 0 Å². The highest BCUT2D eigenvalue weighted by Crippen LogP contribution is 2.49. The molecule has 0 atom stereocenters. The number of hydrogen-bond acceptors (Lipinski definition) is 7. The molecular formula is C119H72N10. The van der Waals surface area contributed by atoms with Crippen molar-refractivity contribution >= 4 is 195 Å². The minimum absolute atomic E-state index is 0.600. The summed E-state index contributed by atoms with van der Waals surface area (Å²) >= 11 is 0. The quantitative estimate of drug-likeness (QED) is 0.156. The molecule has 0 radical (unpaired) electrons. The van der Waals surface area contributed by atoms with E-state index in [1.54, 1.807) is 0 Å². The summed E-state index contributed by atoms with van der Waals surface area (Å²) in [6, 6.07) is 155. The highest BCUT2D eigenvalue weighted by Gasteiger charge is 2.27. The van der Waals surface area contributed by atoms with E-state index in [2.05, 4.69) is 366 Å². The van der Waals surface area contributed by atoms with E-state index in [1.807, 2.05) is 84.9 Å². The van der Waals surface area contributed by atoms with E-state index in [0.29, 0.717) is 23.5 Å². The number of rotatable bonds is 7. The summed E-state index contributed by atoms with van der Waals surface area (Å²) in [4.78, 5) is 36.4. The minimum atomic E-state index is 0.600. The Bertz CT molecular complexity index is 9140. The summed E-state index contributed by atoms with van der Waals surface area (Å²) in [6.45, 7) is 0. The minimum Gasteiger partial charge on any atom is -0.292 e. The summed E-state index contributed by atoms with van der Waals surface area (Å²) in [5.74, 6) is 3.40. The molecule has 28 rings (SSSR count). The van der Waals surface area contributed by atoms with E-state index in [9.17, 15) is 0 Å². The lowest BCUT2D eigenvalue weighted by Crippen LogP contribution is -2.06. The van der Waals surface area contributed by atoms with Crippen LogP contribution < -0.4 is 0 Å². The first-order chi connectivity index (χ1) is 64.0. The fraction of sp³-hybridized carbons (Fsp3) is 0. The van der Waals surface area contributed by atoms with Crippen LogP contribution in [0.4, 0.5) is 0 Å². The van der Waals surface area contributed by atoms with Gasteiger partial charge in [-0.05, 0) is 168 Å². The first-order valence-electron chi connectivity index (χ1n) is 43.8. The molecule has 10 heteroatoms. The highest BCUT2D eigenvalue weighted by atomic mass is 15.2. The van der Waals surface area contributed by atoms with Crippen LogP contribution in [0.3, 0.4) is 0 Å². The van der Waals surface area contributed by atoms with E-state index < -0.39 is 0 Å². The van der Waals surface area contributed by atoms with Crippen molar-refractivity contribution in [3.63, 3.8) is 0 Å². The molecule has 0 fully saturated rings. The maximum atomic E-state index is 5.39. The van der Waals surface area contributed by atoms with Gasteiger partial charge in [-0.15, -0.1) is 0 Å². The lowest BCUT2D eigenvalue weighted by atomic mass is 9.95. The van der Waals surface area contributed by atoms with Crippen LogP contribution in [-0.4, -0.2) is 48.6 Å². The molecule has 0 aliphatic rings. The summed E-state index contributed by atoms with van der Waals surface area (Å²) < 4.78 is 6.82. The predicted molar refractivity (Wildman–Crippen MR) is 539 cm³/mol. The SMILES string of the molecule is c1ccc(-c2nc(-c3ccccc3)nc(-n3c4cccc5c6ccccc6c6ccccc6c6cccc3c6c54)n2)cc1.c1ccc(-c2nc(-n3c4cccc5c6ccccc6c6ccccc6c6cccc3c6c54)nc3ccccc23)cc1.c1ccc2cc(-c3nc4ccccc4nc3-n3c4cccc5c6ccccc6c6ccccc6c6cccc3c6c54)ccc2c1. The Balaban J connectivity index is 0.000000102. The number of nitrogens with zero attached hydrogens (tertiary/aromatic N) is 10. The zero-order valence-electron chi connectivity index (χ0n) is 69.5. The molecule has 0 saturated heterocycles. The van der Waals surface area contributed by atoms with Crippen molar-refractivity contribution in [1.82, 2.24) is 48.6 Å². The Morgan fingerprint density at radius 1 is 0.147 bits per heavy atom. The Morgan fingerprint density at radius 2 is 0.426 bits per heavy atom. The fourth-order valence-corrected chi connectivity index (χ4v) is 20.6. The molecule has 0 unspecified atom stereocenters. The molecule has 22 aromatic carbocycles. The van der Waals surface area contributed by atoms with Gasteiger partial charge in [0.2, 0.25) is 11.9 Å². The van der Waals surface area contributed by atoms with Gasteiger partial charge < -0.3 is 0 Å². The van der Waals surface area contributed by atoms with Gasteiger partial charge in [0.15, 0.2) is 17.5 Å². The fourth-order valence-electron chi connectivity index (χ4n) is 20.6. The number of aromatic nitrogens is 10. The summed E-state index contributed by atoms with van der Waals surface area (Å²) in [5.41, 5.74) is 15.1. The topological polar surface area (TPSA) is 105 Å². The van der Waals surface area contributed by atoms with Crippen LogP contribution in [0.15, 0.2) is 437 Å². The smallest absolute Gasteiger partial charge is 0.238 e. The Hall–Kier alpha value is -17.5. The number of hydrogen-bond donors (Lipinski definition) is 0. The van der Waals surface area contributed by atoms with Crippen LogP contribution in [0, 0.1) is 0 Å². The molecule has 28 aromatic rings. The number of para-hydroxylation sites is 3. The average Bonchev–Trinajstić information content (AvgIpc) is 1.58. The van der Waals surface area contributed by atoms with E-state index in [0.717, 1.165) is 94.5 Å². The molecule has 0 bridgehead atoms. The first-order valence-corrected chi connectivity index (χ1v) is 43.8. The molecule has 6 aromatic heterocycles. The van der Waals surface area contributed by atoms with Crippen LogP contribution in [0.1, 0.15) is 0 Å². The largest absolute Gasteiger partial charge is 0.292 e. The Kier molecular flexibility index (Phi) is 16.8. The molecular weight excluding hydrogens is 1570 g/mol. The van der Waals surface area contributed by atoms with Crippen LogP contribution in [0.2, 0.25) is 0 Å². The molecule has 6 heterocycles.